The smallest absolute Gasteiger partial charge is 0.148 e. The Hall–Kier alpha value is -2.08. The Morgan fingerprint density at radius 2 is 2.00 bits per heavy atom. The monoisotopic (exact) mass is 340 g/mol. The van der Waals surface area contributed by atoms with Crippen LogP contribution >= 0.6 is 0 Å². The van der Waals surface area contributed by atoms with Crippen LogP contribution in [0.15, 0.2) is 24.5 Å². The molecule has 1 atom stereocenters. The molecule has 1 N–H and O–H groups in total. The molecule has 1 fully saturated rings. The van der Waals surface area contributed by atoms with Gasteiger partial charge in [-0.1, -0.05) is 13.8 Å². The molecule has 134 valence electrons. The van der Waals surface area contributed by atoms with Crippen molar-refractivity contribution in [2.24, 2.45) is 5.92 Å². The van der Waals surface area contributed by atoms with Gasteiger partial charge in [-0.15, -0.1) is 5.10 Å². The molecule has 1 aliphatic rings. The first-order valence-electron chi connectivity index (χ1n) is 9.17. The Morgan fingerprint density at radius 3 is 2.64 bits per heavy atom. The normalized spacial score (nSPS) is 18.5. The number of rotatable bonds is 6. The van der Waals surface area contributed by atoms with E-state index in [1.165, 1.54) is 18.4 Å². The molecule has 3 heterocycles. The summed E-state index contributed by atoms with van der Waals surface area (Å²) in [4.78, 5) is 11.5. The van der Waals surface area contributed by atoms with E-state index in [4.69, 9.17) is 0 Å². The minimum atomic E-state index is 0.379. The summed E-state index contributed by atoms with van der Waals surface area (Å²) >= 11 is 0. The zero-order valence-electron chi connectivity index (χ0n) is 15.4. The van der Waals surface area contributed by atoms with Crippen LogP contribution in [0.25, 0.3) is 0 Å². The van der Waals surface area contributed by atoms with Crippen molar-refractivity contribution < 1.29 is 0 Å². The number of hydrogen-bond acceptors (Lipinski definition) is 6. The summed E-state index contributed by atoms with van der Waals surface area (Å²) in [7, 11) is 1.86. The van der Waals surface area contributed by atoms with Crippen molar-refractivity contribution >= 4 is 5.82 Å². The topological polar surface area (TPSA) is 66.8 Å². The molecule has 0 amide bonds. The molecule has 6 nitrogen and oxygen atoms in total. The van der Waals surface area contributed by atoms with Gasteiger partial charge in [0, 0.05) is 44.0 Å². The quantitative estimate of drug-likeness (QED) is 0.872. The van der Waals surface area contributed by atoms with Crippen LogP contribution in [0.4, 0.5) is 5.82 Å². The van der Waals surface area contributed by atoms with E-state index >= 15 is 0 Å². The molecule has 0 spiro atoms. The predicted octanol–water partition coefficient (Wildman–Crippen LogP) is 2.89. The minimum Gasteiger partial charge on any atom is -0.372 e. The third kappa shape index (κ3) is 4.95. The summed E-state index contributed by atoms with van der Waals surface area (Å²) < 4.78 is 0. The molecule has 0 unspecified atom stereocenters. The predicted molar refractivity (Wildman–Crippen MR) is 99.4 cm³/mol. The van der Waals surface area contributed by atoms with E-state index < -0.39 is 0 Å². The fourth-order valence-electron chi connectivity index (χ4n) is 3.36. The zero-order chi connectivity index (χ0) is 17.6. The van der Waals surface area contributed by atoms with E-state index in [0.717, 1.165) is 43.4 Å². The summed E-state index contributed by atoms with van der Waals surface area (Å²) in [5.41, 5.74) is 2.28. The second kappa shape index (κ2) is 8.34. The summed E-state index contributed by atoms with van der Waals surface area (Å²) in [5, 5.41) is 11.5. The summed E-state index contributed by atoms with van der Waals surface area (Å²) in [6, 6.07) is 4.08. The lowest BCUT2D eigenvalue weighted by Crippen LogP contribution is -2.36. The van der Waals surface area contributed by atoms with Crippen LogP contribution in [-0.4, -0.2) is 45.2 Å². The molecule has 0 aromatic carbocycles. The first-order chi connectivity index (χ1) is 12.1. The molecule has 0 bridgehead atoms. The molecule has 1 saturated heterocycles. The van der Waals surface area contributed by atoms with Crippen molar-refractivity contribution in [1.82, 2.24) is 25.1 Å². The van der Waals surface area contributed by atoms with Crippen LogP contribution in [0.2, 0.25) is 0 Å². The van der Waals surface area contributed by atoms with Gasteiger partial charge < -0.3 is 5.32 Å². The summed E-state index contributed by atoms with van der Waals surface area (Å²) in [6.07, 6.45) is 7.45. The van der Waals surface area contributed by atoms with Crippen LogP contribution in [0.5, 0.6) is 0 Å². The van der Waals surface area contributed by atoms with Crippen molar-refractivity contribution in [1.29, 1.82) is 0 Å². The lowest BCUT2D eigenvalue weighted by molar-refractivity contribution is 0.166. The van der Waals surface area contributed by atoms with Gasteiger partial charge in [0.25, 0.3) is 0 Å². The standard InChI is InChI=1S/C19H28N6/c1-14(2)19-21-10-16(11-22-19)13-25-8-4-5-15(12-25)9-17-6-7-18(20-3)24-23-17/h6-7,10-11,14-15H,4-5,8-9,12-13H2,1-3H3,(H,20,24)/t15-/m0/s1. The van der Waals surface area contributed by atoms with Gasteiger partial charge >= 0.3 is 0 Å². The molecular formula is C19H28N6. The Balaban J connectivity index is 1.55. The Morgan fingerprint density at radius 1 is 1.20 bits per heavy atom. The van der Waals surface area contributed by atoms with Crippen LogP contribution < -0.4 is 5.32 Å². The molecule has 25 heavy (non-hydrogen) atoms. The number of piperidine rings is 1. The van der Waals surface area contributed by atoms with Crippen LogP contribution in [-0.2, 0) is 13.0 Å². The van der Waals surface area contributed by atoms with Gasteiger partial charge in [0.2, 0.25) is 0 Å². The second-order valence-corrected chi connectivity index (χ2v) is 7.21. The Bertz CT molecular complexity index is 653. The largest absolute Gasteiger partial charge is 0.372 e. The molecule has 6 heteroatoms. The van der Waals surface area contributed by atoms with Gasteiger partial charge in [-0.2, -0.15) is 5.10 Å². The SMILES string of the molecule is CNc1ccc(C[C@@H]2CCCN(Cc3cnc(C(C)C)nc3)C2)nn1. The van der Waals surface area contributed by atoms with Crippen LogP contribution in [0.3, 0.4) is 0 Å². The first kappa shape index (κ1) is 17.7. The fraction of sp³-hybridized carbons (Fsp3) is 0.579. The van der Waals surface area contributed by atoms with Crippen molar-refractivity contribution in [2.45, 2.75) is 45.6 Å². The number of aromatic nitrogens is 4. The Labute approximate surface area is 150 Å². The number of anilines is 1. The maximum Gasteiger partial charge on any atom is 0.148 e. The molecule has 3 rings (SSSR count). The van der Waals surface area contributed by atoms with Crippen molar-refractivity contribution in [3.05, 3.63) is 41.6 Å². The average Bonchev–Trinajstić information content (AvgIpc) is 2.63. The van der Waals surface area contributed by atoms with Crippen molar-refractivity contribution in [3.8, 4) is 0 Å². The van der Waals surface area contributed by atoms with Gasteiger partial charge in [-0.3, -0.25) is 4.90 Å². The number of nitrogens with one attached hydrogen (secondary N) is 1. The van der Waals surface area contributed by atoms with E-state index in [0.29, 0.717) is 11.8 Å². The molecule has 2 aromatic heterocycles. The molecule has 1 aliphatic heterocycles. The third-order valence-electron chi connectivity index (χ3n) is 4.72. The summed E-state index contributed by atoms with van der Waals surface area (Å²) in [6.45, 7) is 7.42. The highest BCUT2D eigenvalue weighted by molar-refractivity contribution is 5.31. The van der Waals surface area contributed by atoms with E-state index in [2.05, 4.69) is 50.3 Å². The second-order valence-electron chi connectivity index (χ2n) is 7.21. The third-order valence-corrected chi connectivity index (χ3v) is 4.72. The lowest BCUT2D eigenvalue weighted by Gasteiger charge is -2.32. The molecule has 2 aromatic rings. The van der Waals surface area contributed by atoms with E-state index in [1.54, 1.807) is 0 Å². The molecular weight excluding hydrogens is 312 g/mol. The Kier molecular flexibility index (Phi) is 5.91. The van der Waals surface area contributed by atoms with Crippen LogP contribution in [0.1, 0.15) is 49.7 Å². The van der Waals surface area contributed by atoms with Gasteiger partial charge in [0.1, 0.15) is 11.6 Å². The van der Waals surface area contributed by atoms with Gasteiger partial charge in [0.15, 0.2) is 0 Å². The number of hydrogen-bond donors (Lipinski definition) is 1. The van der Waals surface area contributed by atoms with E-state index in [1.807, 2.05) is 25.5 Å². The zero-order valence-corrected chi connectivity index (χ0v) is 15.4. The number of likely N-dealkylation sites (tertiary alicyclic amines) is 1. The highest BCUT2D eigenvalue weighted by atomic mass is 15.2. The fourth-order valence-corrected chi connectivity index (χ4v) is 3.36. The lowest BCUT2D eigenvalue weighted by atomic mass is 9.93. The average molecular weight is 340 g/mol. The molecule has 0 radical (unpaired) electrons. The highest BCUT2D eigenvalue weighted by Crippen LogP contribution is 2.21. The van der Waals surface area contributed by atoms with Crippen molar-refractivity contribution in [2.75, 3.05) is 25.5 Å². The van der Waals surface area contributed by atoms with E-state index in [-0.39, 0.29) is 0 Å². The maximum atomic E-state index is 4.48. The number of nitrogens with zero attached hydrogens (tertiary/aromatic N) is 5. The van der Waals surface area contributed by atoms with E-state index in [9.17, 15) is 0 Å². The molecule has 0 aliphatic carbocycles. The van der Waals surface area contributed by atoms with Crippen LogP contribution in [0, 0.1) is 5.92 Å². The van der Waals surface area contributed by atoms with Gasteiger partial charge in [-0.25, -0.2) is 9.97 Å². The first-order valence-corrected chi connectivity index (χ1v) is 9.17. The van der Waals surface area contributed by atoms with Crippen molar-refractivity contribution in [3.63, 3.8) is 0 Å². The maximum absolute atomic E-state index is 4.48. The molecule has 0 saturated carbocycles. The van der Waals surface area contributed by atoms with Gasteiger partial charge in [-0.05, 0) is 43.9 Å². The minimum absolute atomic E-state index is 0.379. The summed E-state index contributed by atoms with van der Waals surface area (Å²) in [5.74, 6) is 2.76. The van der Waals surface area contributed by atoms with Gasteiger partial charge in [0.05, 0.1) is 5.69 Å². The highest BCUT2D eigenvalue weighted by Gasteiger charge is 2.21.